The van der Waals surface area contributed by atoms with Gasteiger partial charge in [0.05, 0.1) is 10.0 Å². The molecule has 150 valence electrons. The number of aromatic hydroxyl groups is 1. The van der Waals surface area contributed by atoms with E-state index in [-0.39, 0.29) is 11.7 Å². The van der Waals surface area contributed by atoms with Crippen molar-refractivity contribution in [2.45, 2.75) is 52.6 Å². The first kappa shape index (κ1) is 20.0. The number of carbonyl (C=O) groups is 1. The Morgan fingerprint density at radius 2 is 2.11 bits per heavy atom. The number of anilines is 1. The van der Waals surface area contributed by atoms with Crippen LogP contribution in [0.25, 0.3) is 0 Å². The largest absolute Gasteiger partial charge is 0.506 e. The molecule has 4 rings (SSSR count). The number of thiophene rings is 1. The van der Waals surface area contributed by atoms with E-state index in [1.165, 1.54) is 10.4 Å². The fourth-order valence-corrected chi connectivity index (χ4v) is 6.40. The molecule has 1 aliphatic carbocycles. The number of nitrogens with one attached hydrogen (secondary N) is 2. The third kappa shape index (κ3) is 3.33. The number of fused-ring (bicyclic) bond motifs is 3. The lowest BCUT2D eigenvalue weighted by Crippen LogP contribution is -2.38. The van der Waals surface area contributed by atoms with Gasteiger partial charge in [0.2, 0.25) is 0 Å². The molecule has 2 aromatic rings. The number of carbonyl (C=O) groups excluding carboxylic acids is 1. The summed E-state index contributed by atoms with van der Waals surface area (Å²) in [7, 11) is 0. The Labute approximate surface area is 182 Å². The summed E-state index contributed by atoms with van der Waals surface area (Å²) < 4.78 is 0.506. The normalized spacial score (nSPS) is 21.5. The van der Waals surface area contributed by atoms with Gasteiger partial charge in [-0.25, -0.2) is 0 Å². The van der Waals surface area contributed by atoms with E-state index in [1.54, 1.807) is 23.5 Å². The molecule has 0 unspecified atom stereocenters. The highest BCUT2D eigenvalue weighted by Crippen LogP contribution is 2.47. The summed E-state index contributed by atoms with van der Waals surface area (Å²) in [6.07, 6.45) is 3.74. The molecule has 1 amide bonds. The minimum Gasteiger partial charge on any atom is -0.506 e. The van der Waals surface area contributed by atoms with Crippen molar-refractivity contribution in [2.24, 2.45) is 11.3 Å². The number of halogens is 2. The van der Waals surface area contributed by atoms with Crippen LogP contribution in [0.2, 0.25) is 5.02 Å². The molecular formula is C21H24BrClN2O2S. The Bertz CT molecular complexity index is 956. The van der Waals surface area contributed by atoms with Crippen LogP contribution >= 0.6 is 38.9 Å². The minimum absolute atomic E-state index is 0.0803. The summed E-state index contributed by atoms with van der Waals surface area (Å²) in [6, 6.07) is 3.31. The van der Waals surface area contributed by atoms with Crippen molar-refractivity contribution in [1.82, 2.24) is 5.32 Å². The van der Waals surface area contributed by atoms with Crippen LogP contribution in [0.15, 0.2) is 16.6 Å². The molecule has 1 aliphatic heterocycles. The molecule has 0 spiro atoms. The first-order valence-electron chi connectivity index (χ1n) is 9.61. The summed E-state index contributed by atoms with van der Waals surface area (Å²) >= 11 is 11.2. The van der Waals surface area contributed by atoms with Crippen LogP contribution in [-0.4, -0.2) is 11.0 Å². The van der Waals surface area contributed by atoms with Crippen LogP contribution in [0.4, 0.5) is 5.00 Å². The molecule has 0 saturated heterocycles. The van der Waals surface area contributed by atoms with Gasteiger partial charge in [-0.2, -0.15) is 0 Å². The first-order valence-corrected chi connectivity index (χ1v) is 11.6. The zero-order valence-corrected chi connectivity index (χ0v) is 19.3. The predicted octanol–water partition coefficient (Wildman–Crippen LogP) is 6.26. The van der Waals surface area contributed by atoms with Crippen molar-refractivity contribution in [3.05, 3.63) is 43.2 Å². The maximum absolute atomic E-state index is 12.9. The molecule has 0 saturated carbocycles. The van der Waals surface area contributed by atoms with E-state index in [0.717, 1.165) is 36.2 Å². The van der Waals surface area contributed by atoms with Gasteiger partial charge in [-0.15, -0.1) is 11.3 Å². The summed E-state index contributed by atoms with van der Waals surface area (Å²) in [5.74, 6) is 0.633. The maximum atomic E-state index is 12.9. The lowest BCUT2D eigenvalue weighted by molar-refractivity contribution is 0.0934. The van der Waals surface area contributed by atoms with Crippen molar-refractivity contribution >= 4 is 49.8 Å². The van der Waals surface area contributed by atoms with Crippen molar-refractivity contribution < 1.29 is 9.90 Å². The quantitative estimate of drug-likeness (QED) is 0.482. The highest BCUT2D eigenvalue weighted by Gasteiger charge is 2.37. The van der Waals surface area contributed by atoms with Gasteiger partial charge in [0.1, 0.15) is 16.9 Å². The minimum atomic E-state index is -0.516. The van der Waals surface area contributed by atoms with Crippen LogP contribution in [-0.2, 0) is 12.8 Å². The number of rotatable bonds is 3. The fraction of sp³-hybridized carbons (Fsp3) is 0.476. The predicted molar refractivity (Wildman–Crippen MR) is 119 cm³/mol. The molecule has 2 heterocycles. The van der Waals surface area contributed by atoms with Crippen molar-refractivity contribution in [3.8, 4) is 5.75 Å². The first-order chi connectivity index (χ1) is 13.2. The van der Waals surface area contributed by atoms with Gasteiger partial charge in [0.25, 0.3) is 5.91 Å². The smallest absolute Gasteiger partial charge is 0.256 e. The van der Waals surface area contributed by atoms with Crippen LogP contribution in [0.1, 0.15) is 66.1 Å². The fourth-order valence-electron chi connectivity index (χ4n) is 4.22. The zero-order chi connectivity index (χ0) is 20.2. The second-order valence-corrected chi connectivity index (χ2v) is 10.8. The van der Waals surface area contributed by atoms with Crippen LogP contribution in [0, 0.1) is 11.3 Å². The van der Waals surface area contributed by atoms with Gasteiger partial charge in [-0.3, -0.25) is 4.79 Å². The number of amides is 1. The lowest BCUT2D eigenvalue weighted by Gasteiger charge is -2.36. The summed E-state index contributed by atoms with van der Waals surface area (Å²) in [4.78, 5) is 14.3. The summed E-state index contributed by atoms with van der Waals surface area (Å²) in [5.41, 5.74) is 2.83. The molecule has 0 fully saturated rings. The van der Waals surface area contributed by atoms with Gasteiger partial charge in [0, 0.05) is 15.5 Å². The molecule has 1 aromatic heterocycles. The van der Waals surface area contributed by atoms with E-state index in [2.05, 4.69) is 47.3 Å². The van der Waals surface area contributed by atoms with E-state index >= 15 is 0 Å². The van der Waals surface area contributed by atoms with E-state index in [4.69, 9.17) is 11.6 Å². The Hall–Kier alpha value is -1.24. The zero-order valence-electron chi connectivity index (χ0n) is 16.2. The third-order valence-corrected chi connectivity index (χ3v) is 8.44. The SMILES string of the molecule is CCC(C)(C)[C@H]1CCc2c(sc3c2C(=O)N[C@H](c2cc(Cl)cc(Br)c2O)N3)C1. The van der Waals surface area contributed by atoms with Gasteiger partial charge in [0.15, 0.2) is 0 Å². The van der Waals surface area contributed by atoms with E-state index in [0.29, 0.717) is 26.4 Å². The monoisotopic (exact) mass is 482 g/mol. The van der Waals surface area contributed by atoms with Crippen LogP contribution in [0.5, 0.6) is 5.75 Å². The number of hydrogen-bond acceptors (Lipinski definition) is 4. The van der Waals surface area contributed by atoms with E-state index < -0.39 is 6.17 Å². The molecule has 0 radical (unpaired) electrons. The molecule has 1 aromatic carbocycles. The average Bonchev–Trinajstić information content (AvgIpc) is 3.02. The number of hydrogen-bond donors (Lipinski definition) is 3. The molecule has 7 heteroatoms. The summed E-state index contributed by atoms with van der Waals surface area (Å²) in [6.45, 7) is 6.94. The second kappa shape index (κ2) is 7.22. The molecule has 3 N–H and O–H groups in total. The molecular weight excluding hydrogens is 460 g/mol. The van der Waals surface area contributed by atoms with Crippen molar-refractivity contribution in [3.63, 3.8) is 0 Å². The topological polar surface area (TPSA) is 61.4 Å². The molecule has 4 nitrogen and oxygen atoms in total. The van der Waals surface area contributed by atoms with E-state index in [9.17, 15) is 9.90 Å². The Morgan fingerprint density at radius 3 is 2.82 bits per heavy atom. The number of phenols is 1. The molecule has 2 atom stereocenters. The third-order valence-electron chi connectivity index (χ3n) is 6.43. The van der Waals surface area contributed by atoms with Crippen molar-refractivity contribution in [2.75, 3.05) is 5.32 Å². The number of phenolic OH excluding ortho intramolecular Hbond substituents is 1. The van der Waals surface area contributed by atoms with Crippen molar-refractivity contribution in [1.29, 1.82) is 0 Å². The molecule has 28 heavy (non-hydrogen) atoms. The summed E-state index contributed by atoms with van der Waals surface area (Å²) in [5, 5.41) is 18.2. The second-order valence-electron chi connectivity index (χ2n) is 8.37. The van der Waals surface area contributed by atoms with Crippen LogP contribution < -0.4 is 10.6 Å². The van der Waals surface area contributed by atoms with Crippen LogP contribution in [0.3, 0.4) is 0 Å². The van der Waals surface area contributed by atoms with Gasteiger partial charge >= 0.3 is 0 Å². The van der Waals surface area contributed by atoms with Gasteiger partial charge < -0.3 is 15.7 Å². The lowest BCUT2D eigenvalue weighted by atomic mass is 9.69. The molecule has 0 bridgehead atoms. The van der Waals surface area contributed by atoms with Gasteiger partial charge in [-0.1, -0.05) is 38.8 Å². The maximum Gasteiger partial charge on any atom is 0.256 e. The Balaban J connectivity index is 1.67. The van der Waals surface area contributed by atoms with E-state index in [1.807, 2.05) is 0 Å². The standard InChI is InChI=1S/C21H24BrClN2O2S/c1-4-21(2,3)10-5-6-12-15(7-10)28-20-16(12)19(27)24-18(25-20)13-8-11(23)9-14(22)17(13)26/h8-10,18,25-26H,4-7H2,1-3H3,(H,24,27)/t10-,18-/m0/s1. The Kier molecular flexibility index (Phi) is 5.17. The highest BCUT2D eigenvalue weighted by molar-refractivity contribution is 9.10. The average molecular weight is 484 g/mol. The highest BCUT2D eigenvalue weighted by atomic mass is 79.9. The number of benzene rings is 1. The molecule has 2 aliphatic rings. The Morgan fingerprint density at radius 1 is 1.36 bits per heavy atom. The van der Waals surface area contributed by atoms with Gasteiger partial charge in [-0.05, 0) is 64.2 Å².